The number of hydrazone groups is 1. The van der Waals surface area contributed by atoms with Gasteiger partial charge >= 0.3 is 0 Å². The molecule has 0 unspecified atom stereocenters. The van der Waals surface area contributed by atoms with E-state index < -0.39 is 0 Å². The first kappa shape index (κ1) is 14.1. The number of aromatic amines is 2. The van der Waals surface area contributed by atoms with Crippen LogP contribution in [-0.4, -0.2) is 22.1 Å². The Balaban J connectivity index is 1.52. The third-order valence-corrected chi connectivity index (χ3v) is 3.81. The van der Waals surface area contributed by atoms with Crippen LogP contribution in [0.3, 0.4) is 0 Å². The number of fused-ring (bicyclic) bond motifs is 2. The number of hydrogen-bond acceptors (Lipinski definition) is 2. The zero-order valence-corrected chi connectivity index (χ0v) is 12.8. The summed E-state index contributed by atoms with van der Waals surface area (Å²) in [5.41, 5.74) is 12.5. The van der Waals surface area contributed by atoms with Gasteiger partial charge in [-0.15, -0.1) is 0 Å². The van der Waals surface area contributed by atoms with Crippen molar-refractivity contribution in [3.63, 3.8) is 0 Å². The summed E-state index contributed by atoms with van der Waals surface area (Å²) in [6.07, 6.45) is 5.45. The minimum Gasteiger partial charge on any atom is -0.368 e. The lowest BCUT2D eigenvalue weighted by molar-refractivity contribution is 1.01. The number of para-hydroxylation sites is 2. The van der Waals surface area contributed by atoms with E-state index in [9.17, 15) is 0 Å². The first-order chi connectivity index (χ1) is 11.8. The molecule has 0 spiro atoms. The Morgan fingerprint density at radius 1 is 0.917 bits per heavy atom. The van der Waals surface area contributed by atoms with E-state index in [1.54, 1.807) is 6.21 Å². The number of nitrogens with zero attached hydrogens (tertiary/aromatic N) is 2. The zero-order chi connectivity index (χ0) is 16.4. The van der Waals surface area contributed by atoms with E-state index in [1.807, 2.05) is 60.9 Å². The van der Waals surface area contributed by atoms with E-state index in [0.29, 0.717) is 0 Å². The van der Waals surface area contributed by atoms with Gasteiger partial charge < -0.3 is 15.7 Å². The maximum absolute atomic E-state index is 5.91. The predicted octanol–water partition coefficient (Wildman–Crippen LogP) is 3.22. The maximum atomic E-state index is 5.91. The average molecular weight is 316 g/mol. The summed E-state index contributed by atoms with van der Waals surface area (Å²) in [5.74, 6) is 0.232. The average Bonchev–Trinajstić information content (AvgIpc) is 3.20. The molecular formula is C18H16N6. The van der Waals surface area contributed by atoms with Crippen LogP contribution < -0.4 is 11.2 Å². The summed E-state index contributed by atoms with van der Waals surface area (Å²) in [6.45, 7) is 0. The Morgan fingerprint density at radius 3 is 2.42 bits per heavy atom. The molecule has 0 saturated heterocycles. The van der Waals surface area contributed by atoms with Gasteiger partial charge in [-0.05, 0) is 12.1 Å². The van der Waals surface area contributed by atoms with Gasteiger partial charge in [-0.2, -0.15) is 5.10 Å². The number of hydrogen-bond donors (Lipinski definition) is 4. The van der Waals surface area contributed by atoms with Gasteiger partial charge in [-0.25, -0.2) is 10.4 Å². The SMILES string of the molecule is NC(=Nc1c[nH]c2ccccc12)NN=Cc1c[nH]c2ccccc12. The monoisotopic (exact) mass is 316 g/mol. The molecule has 0 bridgehead atoms. The molecule has 5 N–H and O–H groups in total. The second-order valence-corrected chi connectivity index (χ2v) is 5.38. The highest BCUT2D eigenvalue weighted by molar-refractivity contribution is 5.99. The third kappa shape index (κ3) is 2.61. The molecule has 6 heteroatoms. The van der Waals surface area contributed by atoms with Crippen LogP contribution in [-0.2, 0) is 0 Å². The third-order valence-electron chi connectivity index (χ3n) is 3.81. The summed E-state index contributed by atoms with van der Waals surface area (Å²) >= 11 is 0. The van der Waals surface area contributed by atoms with Crippen LogP contribution >= 0.6 is 0 Å². The molecule has 0 saturated carbocycles. The van der Waals surface area contributed by atoms with E-state index in [-0.39, 0.29) is 5.96 Å². The molecule has 2 heterocycles. The van der Waals surface area contributed by atoms with Crippen LogP contribution in [0, 0.1) is 0 Å². The molecule has 2 aromatic carbocycles. The van der Waals surface area contributed by atoms with Gasteiger partial charge in [0.2, 0.25) is 5.96 Å². The topological polar surface area (TPSA) is 94.3 Å². The Hall–Kier alpha value is -3.54. The molecule has 0 aliphatic heterocycles. The highest BCUT2D eigenvalue weighted by Crippen LogP contribution is 2.24. The fourth-order valence-electron chi connectivity index (χ4n) is 2.67. The van der Waals surface area contributed by atoms with Gasteiger partial charge in [0.25, 0.3) is 0 Å². The van der Waals surface area contributed by atoms with Crippen molar-refractivity contribution in [2.75, 3.05) is 0 Å². The van der Waals surface area contributed by atoms with Gasteiger partial charge in [0, 0.05) is 39.8 Å². The van der Waals surface area contributed by atoms with Crippen molar-refractivity contribution >= 4 is 39.7 Å². The number of H-pyrrole nitrogens is 2. The van der Waals surface area contributed by atoms with Crippen molar-refractivity contribution in [3.8, 4) is 0 Å². The first-order valence-corrected chi connectivity index (χ1v) is 7.57. The van der Waals surface area contributed by atoms with Crippen molar-refractivity contribution in [2.24, 2.45) is 15.8 Å². The van der Waals surface area contributed by atoms with Gasteiger partial charge in [0.05, 0.1) is 11.9 Å². The maximum Gasteiger partial charge on any atom is 0.214 e. The molecular weight excluding hydrogens is 300 g/mol. The Bertz CT molecular complexity index is 1050. The highest BCUT2D eigenvalue weighted by Gasteiger charge is 2.02. The molecule has 0 aliphatic rings. The van der Waals surface area contributed by atoms with E-state index in [2.05, 4.69) is 25.5 Å². The Kier molecular flexibility index (Phi) is 3.47. The molecule has 0 fully saturated rings. The summed E-state index contributed by atoms with van der Waals surface area (Å²) in [7, 11) is 0. The van der Waals surface area contributed by atoms with E-state index >= 15 is 0 Å². The van der Waals surface area contributed by atoms with Crippen LogP contribution in [0.1, 0.15) is 5.56 Å². The fraction of sp³-hybridized carbons (Fsp3) is 0. The summed E-state index contributed by atoms with van der Waals surface area (Å²) in [6, 6.07) is 16.0. The van der Waals surface area contributed by atoms with Crippen LogP contribution in [0.5, 0.6) is 0 Å². The molecule has 6 nitrogen and oxygen atoms in total. The highest BCUT2D eigenvalue weighted by atomic mass is 15.3. The lowest BCUT2D eigenvalue weighted by atomic mass is 10.2. The Morgan fingerprint density at radius 2 is 1.58 bits per heavy atom. The first-order valence-electron chi connectivity index (χ1n) is 7.57. The molecule has 4 aromatic rings. The van der Waals surface area contributed by atoms with Gasteiger partial charge in [0.15, 0.2) is 0 Å². The quantitative estimate of drug-likeness (QED) is 0.265. The van der Waals surface area contributed by atoms with Crippen LogP contribution in [0.4, 0.5) is 5.69 Å². The molecule has 0 radical (unpaired) electrons. The number of nitrogens with two attached hydrogens (primary N) is 1. The van der Waals surface area contributed by atoms with Crippen molar-refractivity contribution < 1.29 is 0 Å². The van der Waals surface area contributed by atoms with Crippen molar-refractivity contribution in [3.05, 3.63) is 66.5 Å². The number of benzene rings is 2. The standard InChI is InChI=1S/C18H16N6/c19-18(23-17-11-21-16-8-4-2-6-14(16)17)24-22-10-12-9-20-15-7-3-1-5-13(12)15/h1-11,20-21H,(H3,19,23,24). The number of aliphatic imine (C=N–C) groups is 1. The van der Waals surface area contributed by atoms with Crippen LogP contribution in [0.25, 0.3) is 21.8 Å². The summed E-state index contributed by atoms with van der Waals surface area (Å²) in [4.78, 5) is 10.7. The lowest BCUT2D eigenvalue weighted by Gasteiger charge is -1.98. The van der Waals surface area contributed by atoms with Crippen molar-refractivity contribution in [2.45, 2.75) is 0 Å². The minimum absolute atomic E-state index is 0.232. The van der Waals surface area contributed by atoms with Crippen molar-refractivity contribution in [1.82, 2.24) is 15.4 Å². The fourth-order valence-corrected chi connectivity index (χ4v) is 2.67. The molecule has 2 aromatic heterocycles. The van der Waals surface area contributed by atoms with E-state index in [1.165, 1.54) is 0 Å². The smallest absolute Gasteiger partial charge is 0.214 e. The second kappa shape index (κ2) is 5.92. The largest absolute Gasteiger partial charge is 0.368 e. The summed E-state index contributed by atoms with van der Waals surface area (Å²) < 4.78 is 0. The molecule has 0 amide bonds. The van der Waals surface area contributed by atoms with Gasteiger partial charge in [-0.3, -0.25) is 0 Å². The second-order valence-electron chi connectivity index (χ2n) is 5.38. The molecule has 4 rings (SSSR count). The molecule has 24 heavy (non-hydrogen) atoms. The minimum atomic E-state index is 0.232. The predicted molar refractivity (Wildman–Crippen MR) is 98.6 cm³/mol. The van der Waals surface area contributed by atoms with Gasteiger partial charge in [-0.1, -0.05) is 36.4 Å². The number of nitrogens with one attached hydrogen (secondary N) is 3. The molecule has 0 aliphatic carbocycles. The number of rotatable bonds is 3. The van der Waals surface area contributed by atoms with Crippen molar-refractivity contribution in [1.29, 1.82) is 0 Å². The summed E-state index contributed by atoms with van der Waals surface area (Å²) in [5, 5.41) is 6.29. The van der Waals surface area contributed by atoms with E-state index in [0.717, 1.165) is 33.1 Å². The molecule has 118 valence electrons. The van der Waals surface area contributed by atoms with E-state index in [4.69, 9.17) is 5.73 Å². The van der Waals surface area contributed by atoms with Crippen LogP contribution in [0.2, 0.25) is 0 Å². The number of aromatic nitrogens is 2. The van der Waals surface area contributed by atoms with Crippen LogP contribution in [0.15, 0.2) is 71.0 Å². The lowest BCUT2D eigenvalue weighted by Crippen LogP contribution is -2.26. The normalized spacial score (nSPS) is 12.4. The Labute approximate surface area is 138 Å². The van der Waals surface area contributed by atoms with Gasteiger partial charge in [0.1, 0.15) is 0 Å². The molecule has 0 atom stereocenters. The zero-order valence-electron chi connectivity index (χ0n) is 12.8. The number of guanidine groups is 1.